The van der Waals surface area contributed by atoms with Crippen molar-refractivity contribution in [1.29, 1.82) is 0 Å². The zero-order valence-electron chi connectivity index (χ0n) is 9.07. The lowest BCUT2D eigenvalue weighted by Gasteiger charge is -2.16. The van der Waals surface area contributed by atoms with Crippen molar-refractivity contribution in [2.24, 2.45) is 5.92 Å². The van der Waals surface area contributed by atoms with Gasteiger partial charge in [0.25, 0.3) is 0 Å². The van der Waals surface area contributed by atoms with E-state index in [4.69, 9.17) is 16.3 Å². The second kappa shape index (κ2) is 4.42. The van der Waals surface area contributed by atoms with Crippen molar-refractivity contribution in [3.63, 3.8) is 0 Å². The molecule has 0 aliphatic heterocycles. The Hall–Kier alpha value is -1.08. The average molecular weight is 237 g/mol. The molecule has 0 N–H and O–H groups in total. The molecule has 0 heterocycles. The van der Waals surface area contributed by atoms with Crippen LogP contribution in [0, 0.1) is 5.92 Å². The Morgan fingerprint density at radius 3 is 2.56 bits per heavy atom. The van der Waals surface area contributed by atoms with Crippen LogP contribution in [0.4, 0.5) is 0 Å². The van der Waals surface area contributed by atoms with Gasteiger partial charge < -0.3 is 4.74 Å². The second-order valence-corrected chi connectivity index (χ2v) is 4.07. The monoisotopic (exact) mass is 236 g/mol. The number of hydrogen-bond donors (Lipinski definition) is 0. The highest BCUT2D eigenvalue weighted by atomic mass is 35.5. The molecule has 1 aliphatic carbocycles. The number of halogens is 1. The second-order valence-electron chi connectivity index (χ2n) is 3.76. The lowest BCUT2D eigenvalue weighted by Crippen LogP contribution is -2.16. The van der Waals surface area contributed by atoms with Crippen molar-refractivity contribution in [3.8, 4) is 0 Å². The van der Waals surface area contributed by atoms with Crippen molar-refractivity contribution >= 4 is 17.5 Å². The van der Waals surface area contributed by atoms with Crippen LogP contribution in [0.25, 0.3) is 0 Å². The van der Waals surface area contributed by atoms with Crippen molar-refractivity contribution in [2.45, 2.75) is 12.5 Å². The summed E-state index contributed by atoms with van der Waals surface area (Å²) in [7, 11) is 0. The maximum Gasteiger partial charge on any atom is 0.134 e. The van der Waals surface area contributed by atoms with Crippen LogP contribution >= 0.6 is 11.6 Å². The summed E-state index contributed by atoms with van der Waals surface area (Å²) in [5.74, 6) is 2.33. The minimum Gasteiger partial charge on any atom is -0.365 e. The highest BCUT2D eigenvalue weighted by molar-refractivity contribution is 6.19. The van der Waals surface area contributed by atoms with Gasteiger partial charge in [-0.3, -0.25) is 0 Å². The van der Waals surface area contributed by atoms with Gasteiger partial charge in [-0.05, 0) is 12.5 Å². The molecule has 3 heteroatoms. The van der Waals surface area contributed by atoms with Crippen LogP contribution in [-0.2, 0) is 15.1 Å². The summed E-state index contributed by atoms with van der Waals surface area (Å²) in [6.07, 6.45) is 0. The van der Waals surface area contributed by atoms with Gasteiger partial charge in [0.1, 0.15) is 11.5 Å². The first kappa shape index (κ1) is 11.4. The molecule has 2 unspecified atom stereocenters. The van der Waals surface area contributed by atoms with Crippen molar-refractivity contribution < 1.29 is 9.53 Å². The molecule has 1 aliphatic rings. The summed E-state index contributed by atoms with van der Waals surface area (Å²) in [4.78, 5) is 10.9. The molecule has 0 amide bonds. The maximum absolute atomic E-state index is 10.9. The predicted octanol–water partition coefficient (Wildman–Crippen LogP) is 2.55. The fourth-order valence-electron chi connectivity index (χ4n) is 2.23. The number of hydrogen-bond acceptors (Lipinski definition) is 2. The fourth-order valence-corrected chi connectivity index (χ4v) is 2.61. The highest BCUT2D eigenvalue weighted by Gasteiger charge is 2.63. The zero-order chi connectivity index (χ0) is 11.6. The van der Waals surface area contributed by atoms with Crippen LogP contribution in [0.3, 0.4) is 0 Å². The Balaban J connectivity index is 2.43. The predicted molar refractivity (Wildman–Crippen MR) is 63.2 cm³/mol. The smallest absolute Gasteiger partial charge is 0.134 e. The molecular formula is C13H13ClO2. The number of benzene rings is 1. The molecule has 84 valence electrons. The topological polar surface area (TPSA) is 26.3 Å². The number of carbonyl (C=O) groups excluding carboxylic acids is 1. The van der Waals surface area contributed by atoms with Crippen LogP contribution in [0.1, 0.15) is 12.5 Å². The normalized spacial score (nSPS) is 27.6. The van der Waals surface area contributed by atoms with Gasteiger partial charge in [0.15, 0.2) is 0 Å². The Morgan fingerprint density at radius 2 is 2.12 bits per heavy atom. The quantitative estimate of drug-likeness (QED) is 0.593. The Kier molecular flexibility index (Phi) is 3.15. The van der Waals surface area contributed by atoms with E-state index in [1.807, 2.05) is 43.2 Å². The van der Waals surface area contributed by atoms with Gasteiger partial charge in [0.05, 0.1) is 5.57 Å². The minimum absolute atomic E-state index is 0.0333. The Morgan fingerprint density at radius 1 is 1.44 bits per heavy atom. The highest BCUT2D eigenvalue weighted by Crippen LogP contribution is 2.59. The molecular weight excluding hydrogens is 224 g/mol. The van der Waals surface area contributed by atoms with E-state index < -0.39 is 5.60 Å². The minimum atomic E-state index is -0.612. The average Bonchev–Trinajstić information content (AvgIpc) is 2.98. The fraction of sp³-hybridized carbons (Fsp3) is 0.385. The molecule has 0 bridgehead atoms. The molecule has 0 saturated heterocycles. The van der Waals surface area contributed by atoms with Crippen molar-refractivity contribution in [1.82, 2.24) is 0 Å². The van der Waals surface area contributed by atoms with Gasteiger partial charge in [-0.2, -0.15) is 0 Å². The van der Waals surface area contributed by atoms with E-state index in [2.05, 4.69) is 0 Å². The van der Waals surface area contributed by atoms with Crippen LogP contribution in [0.2, 0.25) is 0 Å². The summed E-state index contributed by atoms with van der Waals surface area (Å²) in [5, 5.41) is 0. The van der Waals surface area contributed by atoms with Gasteiger partial charge >= 0.3 is 0 Å². The van der Waals surface area contributed by atoms with Crippen molar-refractivity contribution in [3.05, 3.63) is 41.5 Å². The molecule has 1 aromatic rings. The first-order chi connectivity index (χ1) is 7.81. The molecule has 1 aromatic carbocycles. The van der Waals surface area contributed by atoms with Crippen LogP contribution in [-0.4, -0.2) is 18.4 Å². The molecule has 2 nitrogen and oxygen atoms in total. The summed E-state index contributed by atoms with van der Waals surface area (Å²) in [5.41, 5.74) is 1.01. The van der Waals surface area contributed by atoms with Crippen molar-refractivity contribution in [2.75, 3.05) is 12.5 Å². The van der Waals surface area contributed by atoms with Gasteiger partial charge in [0, 0.05) is 18.4 Å². The summed E-state index contributed by atoms with van der Waals surface area (Å²) >= 11 is 5.86. The SMILES string of the molecule is CCOC1(c2ccccc2)C(=C=O)C1CCl. The summed E-state index contributed by atoms with van der Waals surface area (Å²) < 4.78 is 5.75. The standard InChI is InChI=1S/C13H13ClO2/c1-2-16-13(10-6-4-3-5-7-10)11(8-14)12(13)9-15/h3-7,11H,2,8H2,1H3. The number of rotatable bonds is 4. The van der Waals surface area contributed by atoms with Gasteiger partial charge in [-0.1, -0.05) is 30.3 Å². The third-order valence-electron chi connectivity index (χ3n) is 2.99. The first-order valence-electron chi connectivity index (χ1n) is 5.32. The van der Waals surface area contributed by atoms with Gasteiger partial charge in [-0.15, -0.1) is 11.6 Å². The van der Waals surface area contributed by atoms with Gasteiger partial charge in [0.2, 0.25) is 0 Å². The molecule has 1 saturated carbocycles. The number of alkyl halides is 1. The van der Waals surface area contributed by atoms with Crippen LogP contribution in [0.5, 0.6) is 0 Å². The van der Waals surface area contributed by atoms with Crippen LogP contribution < -0.4 is 0 Å². The van der Waals surface area contributed by atoms with Gasteiger partial charge in [-0.25, -0.2) is 4.79 Å². The molecule has 2 rings (SSSR count). The lowest BCUT2D eigenvalue weighted by molar-refractivity contribution is 0.0373. The molecule has 0 radical (unpaired) electrons. The maximum atomic E-state index is 10.9. The largest absolute Gasteiger partial charge is 0.365 e. The molecule has 0 aromatic heterocycles. The van der Waals surface area contributed by atoms with E-state index in [9.17, 15) is 4.79 Å². The summed E-state index contributed by atoms with van der Waals surface area (Å²) in [6, 6.07) is 9.72. The third kappa shape index (κ3) is 1.51. The Labute approximate surface area is 99.9 Å². The molecule has 16 heavy (non-hydrogen) atoms. The molecule has 1 fully saturated rings. The Bertz CT molecular complexity index is 423. The van der Waals surface area contributed by atoms with E-state index in [1.54, 1.807) is 0 Å². The van der Waals surface area contributed by atoms with E-state index in [0.717, 1.165) is 5.56 Å². The van der Waals surface area contributed by atoms with E-state index in [1.165, 1.54) is 0 Å². The summed E-state index contributed by atoms with van der Waals surface area (Å²) in [6.45, 7) is 2.46. The first-order valence-corrected chi connectivity index (χ1v) is 5.85. The lowest BCUT2D eigenvalue weighted by atomic mass is 10.1. The molecule has 0 spiro atoms. The van der Waals surface area contributed by atoms with E-state index in [-0.39, 0.29) is 5.92 Å². The third-order valence-corrected chi connectivity index (χ3v) is 3.30. The molecule has 2 atom stereocenters. The van der Waals surface area contributed by atoms with Crippen LogP contribution in [0.15, 0.2) is 35.9 Å². The van der Waals surface area contributed by atoms with E-state index in [0.29, 0.717) is 18.1 Å². The van der Waals surface area contributed by atoms with E-state index >= 15 is 0 Å². The zero-order valence-corrected chi connectivity index (χ0v) is 9.83. The number of ether oxygens (including phenoxy) is 1.